The fourth-order valence-corrected chi connectivity index (χ4v) is 3.92. The van der Waals surface area contributed by atoms with Gasteiger partial charge in [-0.3, -0.25) is 14.4 Å². The van der Waals surface area contributed by atoms with E-state index in [0.717, 1.165) is 10.8 Å². The first kappa shape index (κ1) is 17.6. The van der Waals surface area contributed by atoms with Gasteiger partial charge in [0.15, 0.2) is 11.6 Å². The predicted molar refractivity (Wildman–Crippen MR) is 96.5 cm³/mol. The number of rotatable bonds is 2. The van der Waals surface area contributed by atoms with Crippen LogP contribution >= 0.6 is 0 Å². The molecule has 0 unspecified atom stereocenters. The fourth-order valence-electron chi connectivity index (χ4n) is 3.92. The third kappa shape index (κ3) is 2.87. The third-order valence-electron chi connectivity index (χ3n) is 5.18. The minimum atomic E-state index is -1.59. The Labute approximate surface area is 155 Å². The number of carbonyl (C=O) groups is 3. The molecular formula is C21H18O6. The molecule has 0 radical (unpaired) electrons. The van der Waals surface area contributed by atoms with Gasteiger partial charge < -0.3 is 14.9 Å². The monoisotopic (exact) mass is 366 g/mol. The van der Waals surface area contributed by atoms with Crippen molar-refractivity contribution < 1.29 is 29.3 Å². The number of aliphatic hydroxyl groups excluding tert-OH is 1. The molecule has 0 spiro atoms. The minimum absolute atomic E-state index is 0.0373. The van der Waals surface area contributed by atoms with Crippen LogP contribution in [0.15, 0.2) is 47.5 Å². The van der Waals surface area contributed by atoms with Crippen LogP contribution in [0.5, 0.6) is 0 Å². The maximum atomic E-state index is 13.1. The van der Waals surface area contributed by atoms with Crippen LogP contribution in [0.25, 0.3) is 10.8 Å². The Kier molecular flexibility index (Phi) is 3.98. The highest BCUT2D eigenvalue weighted by Crippen LogP contribution is 2.40. The number of ketones is 2. The van der Waals surface area contributed by atoms with Crippen molar-refractivity contribution in [2.45, 2.75) is 31.5 Å². The summed E-state index contributed by atoms with van der Waals surface area (Å²) in [6, 6.07) is 10.7. The van der Waals surface area contributed by atoms with Crippen molar-refractivity contribution in [3.8, 4) is 0 Å². The first-order valence-corrected chi connectivity index (χ1v) is 8.68. The van der Waals surface area contributed by atoms with Crippen LogP contribution in [0.2, 0.25) is 0 Å². The Morgan fingerprint density at radius 2 is 1.74 bits per heavy atom. The standard InChI is InChI=1S/C21H18O6/c1-11(22)27-10-21(26)8-16-18(17(23)9-21)20(25)15-7-13-5-3-2-4-12(13)6-14(15)19(16)24/h2-7,17,23,26H,8-10H2,1H3/t17-,21-/m0/s1. The van der Waals surface area contributed by atoms with Crippen molar-refractivity contribution in [1.29, 1.82) is 0 Å². The number of carbonyl (C=O) groups excluding carboxylic acids is 3. The molecule has 0 amide bonds. The molecule has 2 aromatic carbocycles. The van der Waals surface area contributed by atoms with E-state index >= 15 is 0 Å². The SMILES string of the molecule is CC(=O)OC[C@]1(O)CC2=C(C(=O)c3cc4ccccc4cc3C2=O)[C@@H](O)C1. The normalized spacial score (nSPS) is 24.6. The van der Waals surface area contributed by atoms with Gasteiger partial charge in [0.1, 0.15) is 12.2 Å². The summed E-state index contributed by atoms with van der Waals surface area (Å²) in [6.07, 6.45) is -1.63. The smallest absolute Gasteiger partial charge is 0.302 e. The predicted octanol–water partition coefficient (Wildman–Crippen LogP) is 1.96. The summed E-state index contributed by atoms with van der Waals surface area (Å²) in [6.45, 7) is 0.867. The van der Waals surface area contributed by atoms with E-state index in [1.54, 1.807) is 12.1 Å². The second-order valence-electron chi connectivity index (χ2n) is 7.20. The number of esters is 1. The molecule has 0 saturated carbocycles. The Balaban J connectivity index is 1.80. The molecule has 138 valence electrons. The molecule has 2 aliphatic rings. The number of aliphatic hydroxyl groups is 2. The number of fused-ring (bicyclic) bond motifs is 2. The zero-order valence-corrected chi connectivity index (χ0v) is 14.7. The highest BCUT2D eigenvalue weighted by atomic mass is 16.5. The Hall–Kier alpha value is -2.83. The Morgan fingerprint density at radius 3 is 2.33 bits per heavy atom. The van der Waals surface area contributed by atoms with Crippen LogP contribution in [0.1, 0.15) is 40.5 Å². The van der Waals surface area contributed by atoms with Gasteiger partial charge in [-0.05, 0) is 22.9 Å². The van der Waals surface area contributed by atoms with Crippen LogP contribution < -0.4 is 0 Å². The number of hydrogen-bond acceptors (Lipinski definition) is 6. The van der Waals surface area contributed by atoms with E-state index in [9.17, 15) is 24.6 Å². The van der Waals surface area contributed by atoms with E-state index in [1.807, 2.05) is 24.3 Å². The molecule has 6 nitrogen and oxygen atoms in total. The van der Waals surface area contributed by atoms with E-state index in [4.69, 9.17) is 4.74 Å². The minimum Gasteiger partial charge on any atom is -0.463 e. The number of Topliss-reactive ketones (excluding diaryl/α,β-unsaturated/α-hetero) is 2. The lowest BCUT2D eigenvalue weighted by molar-refractivity contribution is -0.151. The highest BCUT2D eigenvalue weighted by molar-refractivity contribution is 6.28. The second-order valence-corrected chi connectivity index (χ2v) is 7.20. The molecule has 27 heavy (non-hydrogen) atoms. The number of ether oxygens (including phenoxy) is 1. The Morgan fingerprint density at radius 1 is 1.15 bits per heavy atom. The maximum absolute atomic E-state index is 13.1. The zero-order valence-electron chi connectivity index (χ0n) is 14.7. The molecule has 0 heterocycles. The van der Waals surface area contributed by atoms with E-state index in [0.29, 0.717) is 0 Å². The van der Waals surface area contributed by atoms with Crippen molar-refractivity contribution in [3.63, 3.8) is 0 Å². The summed E-state index contributed by atoms with van der Waals surface area (Å²) >= 11 is 0. The lowest BCUT2D eigenvalue weighted by atomic mass is 9.71. The first-order chi connectivity index (χ1) is 12.8. The van der Waals surface area contributed by atoms with Crippen LogP contribution in [-0.4, -0.2) is 46.1 Å². The lowest BCUT2D eigenvalue weighted by Crippen LogP contribution is -2.47. The van der Waals surface area contributed by atoms with E-state index < -0.39 is 23.5 Å². The van der Waals surface area contributed by atoms with Gasteiger partial charge >= 0.3 is 5.97 Å². The molecule has 6 heteroatoms. The quantitative estimate of drug-likeness (QED) is 0.788. The van der Waals surface area contributed by atoms with Crippen LogP contribution in [0.4, 0.5) is 0 Å². The molecule has 2 atom stereocenters. The topological polar surface area (TPSA) is 101 Å². The summed E-state index contributed by atoms with van der Waals surface area (Å²) in [5, 5.41) is 22.9. The molecule has 0 bridgehead atoms. The molecule has 0 saturated heterocycles. The maximum Gasteiger partial charge on any atom is 0.302 e. The first-order valence-electron chi connectivity index (χ1n) is 8.68. The summed E-state index contributed by atoms with van der Waals surface area (Å²) in [5.41, 5.74) is -0.927. The van der Waals surface area contributed by atoms with Crippen LogP contribution in [0, 0.1) is 0 Å². The van der Waals surface area contributed by atoms with Gasteiger partial charge in [0, 0.05) is 42.0 Å². The van der Waals surface area contributed by atoms with E-state index in [2.05, 4.69) is 0 Å². The van der Waals surface area contributed by atoms with Gasteiger partial charge in [-0.2, -0.15) is 0 Å². The molecule has 0 aromatic heterocycles. The van der Waals surface area contributed by atoms with Crippen molar-refractivity contribution in [2.24, 2.45) is 0 Å². The van der Waals surface area contributed by atoms with Crippen molar-refractivity contribution in [3.05, 3.63) is 58.7 Å². The largest absolute Gasteiger partial charge is 0.463 e. The summed E-state index contributed by atoms with van der Waals surface area (Å²) in [5.74, 6) is -1.35. The highest BCUT2D eigenvalue weighted by Gasteiger charge is 2.46. The van der Waals surface area contributed by atoms with Gasteiger partial charge in [0.25, 0.3) is 0 Å². The molecule has 2 aromatic rings. The van der Waals surface area contributed by atoms with Crippen molar-refractivity contribution in [2.75, 3.05) is 6.61 Å². The molecule has 0 fully saturated rings. The summed E-state index contributed by atoms with van der Waals surface area (Å²) in [4.78, 5) is 37.1. The molecule has 2 aliphatic carbocycles. The average Bonchev–Trinajstić information content (AvgIpc) is 2.63. The van der Waals surface area contributed by atoms with Crippen molar-refractivity contribution >= 4 is 28.3 Å². The molecular weight excluding hydrogens is 348 g/mol. The van der Waals surface area contributed by atoms with Crippen LogP contribution in [-0.2, 0) is 9.53 Å². The Bertz CT molecular complexity index is 1030. The van der Waals surface area contributed by atoms with Gasteiger partial charge in [-0.1, -0.05) is 24.3 Å². The lowest BCUT2D eigenvalue weighted by Gasteiger charge is -2.38. The van der Waals surface area contributed by atoms with Crippen molar-refractivity contribution in [1.82, 2.24) is 0 Å². The van der Waals surface area contributed by atoms with E-state index in [-0.39, 0.29) is 47.5 Å². The fraction of sp³-hybridized carbons (Fsp3) is 0.286. The molecule has 0 aliphatic heterocycles. The van der Waals surface area contributed by atoms with Gasteiger partial charge in [0.05, 0.1) is 6.10 Å². The van der Waals surface area contributed by atoms with Gasteiger partial charge in [-0.15, -0.1) is 0 Å². The average molecular weight is 366 g/mol. The van der Waals surface area contributed by atoms with Crippen LogP contribution in [0.3, 0.4) is 0 Å². The third-order valence-corrected chi connectivity index (χ3v) is 5.18. The van der Waals surface area contributed by atoms with Gasteiger partial charge in [-0.25, -0.2) is 0 Å². The molecule has 2 N–H and O–H groups in total. The summed E-state index contributed by atoms with van der Waals surface area (Å²) in [7, 11) is 0. The summed E-state index contributed by atoms with van der Waals surface area (Å²) < 4.78 is 4.88. The second kappa shape index (κ2) is 6.11. The van der Waals surface area contributed by atoms with Gasteiger partial charge in [0.2, 0.25) is 0 Å². The number of hydrogen-bond donors (Lipinski definition) is 2. The van der Waals surface area contributed by atoms with E-state index in [1.165, 1.54) is 6.92 Å². The number of benzene rings is 2. The molecule has 4 rings (SSSR count). The zero-order chi connectivity index (χ0) is 19.3.